The Bertz CT molecular complexity index is 895. The highest BCUT2D eigenvalue weighted by Crippen LogP contribution is 2.20. The predicted octanol–water partition coefficient (Wildman–Crippen LogP) is 2.36. The number of ether oxygens (including phenoxy) is 2. The van der Waals surface area contributed by atoms with Gasteiger partial charge >= 0.3 is 0 Å². The number of sulfonamides is 1. The van der Waals surface area contributed by atoms with Gasteiger partial charge < -0.3 is 14.4 Å². The predicted molar refractivity (Wildman–Crippen MR) is 102 cm³/mol. The summed E-state index contributed by atoms with van der Waals surface area (Å²) in [6.45, 7) is 3.48. The Labute approximate surface area is 158 Å². The normalized spacial score (nSPS) is 17.4. The summed E-state index contributed by atoms with van der Waals surface area (Å²) in [6, 6.07) is 12.5. The van der Waals surface area contributed by atoms with Gasteiger partial charge in [0.2, 0.25) is 0 Å². The maximum Gasteiger partial charge on any atom is 0.261 e. The lowest BCUT2D eigenvalue weighted by Crippen LogP contribution is -2.44. The van der Waals surface area contributed by atoms with E-state index >= 15 is 0 Å². The molecule has 1 saturated heterocycles. The standard InChI is InChI=1S/C19H22N2O5S/c1-14-13-21(11-12-26-14)19(22)15-3-9-18(10-4-15)27(23,24)20-16-5-7-17(25-2)8-6-16/h3-10,14,20H,11-13H2,1-2H3/t14-/m0/s1. The van der Waals surface area contributed by atoms with Gasteiger partial charge in [-0.2, -0.15) is 0 Å². The van der Waals surface area contributed by atoms with Crippen molar-refractivity contribution in [3.63, 3.8) is 0 Å². The van der Waals surface area contributed by atoms with E-state index in [0.717, 1.165) is 0 Å². The Morgan fingerprint density at radius 1 is 1.15 bits per heavy atom. The van der Waals surface area contributed by atoms with Crippen molar-refractivity contribution in [2.24, 2.45) is 0 Å². The van der Waals surface area contributed by atoms with Crippen molar-refractivity contribution in [3.8, 4) is 5.75 Å². The lowest BCUT2D eigenvalue weighted by molar-refractivity contribution is -0.0124. The van der Waals surface area contributed by atoms with E-state index in [2.05, 4.69) is 4.72 Å². The highest BCUT2D eigenvalue weighted by Gasteiger charge is 2.23. The van der Waals surface area contributed by atoms with E-state index in [0.29, 0.717) is 36.7 Å². The number of benzene rings is 2. The molecule has 2 aromatic carbocycles. The molecular weight excluding hydrogens is 368 g/mol. The second kappa shape index (κ2) is 7.98. The number of hydrogen-bond donors (Lipinski definition) is 1. The van der Waals surface area contributed by atoms with E-state index in [4.69, 9.17) is 9.47 Å². The third-order valence-electron chi connectivity index (χ3n) is 4.28. The third-order valence-corrected chi connectivity index (χ3v) is 5.68. The Morgan fingerprint density at radius 2 is 1.81 bits per heavy atom. The summed E-state index contributed by atoms with van der Waals surface area (Å²) >= 11 is 0. The number of nitrogens with one attached hydrogen (secondary N) is 1. The van der Waals surface area contributed by atoms with Crippen molar-refractivity contribution in [2.45, 2.75) is 17.9 Å². The SMILES string of the molecule is COc1ccc(NS(=O)(=O)c2ccc(C(=O)N3CCO[C@@H](C)C3)cc2)cc1. The monoisotopic (exact) mass is 390 g/mol. The summed E-state index contributed by atoms with van der Waals surface area (Å²) in [4.78, 5) is 14.4. The minimum atomic E-state index is -3.74. The van der Waals surface area contributed by atoms with E-state index < -0.39 is 10.0 Å². The number of rotatable bonds is 5. The molecule has 0 aromatic heterocycles. The minimum Gasteiger partial charge on any atom is -0.497 e. The van der Waals surface area contributed by atoms with Crippen LogP contribution in [0.5, 0.6) is 5.75 Å². The maximum atomic E-state index is 12.6. The van der Waals surface area contributed by atoms with Gasteiger partial charge in [-0.3, -0.25) is 9.52 Å². The summed E-state index contributed by atoms with van der Waals surface area (Å²) in [6.07, 6.45) is -0.00366. The molecule has 1 N–H and O–H groups in total. The van der Waals surface area contributed by atoms with Crippen LogP contribution in [0.3, 0.4) is 0 Å². The van der Waals surface area contributed by atoms with Gasteiger partial charge in [-0.05, 0) is 55.5 Å². The molecule has 1 aliphatic rings. The van der Waals surface area contributed by atoms with Gasteiger partial charge in [0.05, 0.1) is 24.7 Å². The van der Waals surface area contributed by atoms with Gasteiger partial charge in [0, 0.05) is 24.3 Å². The van der Waals surface area contributed by atoms with Crippen molar-refractivity contribution in [1.29, 1.82) is 0 Å². The molecule has 8 heteroatoms. The minimum absolute atomic E-state index is 0.00366. The first-order chi connectivity index (χ1) is 12.9. The molecule has 1 heterocycles. The first-order valence-corrected chi connectivity index (χ1v) is 10.1. The molecule has 27 heavy (non-hydrogen) atoms. The molecular formula is C19H22N2O5S. The molecule has 1 fully saturated rings. The largest absolute Gasteiger partial charge is 0.497 e. The van der Waals surface area contributed by atoms with Gasteiger partial charge in [-0.25, -0.2) is 8.42 Å². The lowest BCUT2D eigenvalue weighted by atomic mass is 10.2. The molecule has 144 valence electrons. The molecule has 1 atom stereocenters. The van der Waals surface area contributed by atoms with Crippen LogP contribution in [0.1, 0.15) is 17.3 Å². The van der Waals surface area contributed by atoms with Gasteiger partial charge in [-0.1, -0.05) is 0 Å². The summed E-state index contributed by atoms with van der Waals surface area (Å²) in [5, 5.41) is 0. The first kappa shape index (κ1) is 19.2. The zero-order chi connectivity index (χ0) is 19.4. The highest BCUT2D eigenvalue weighted by atomic mass is 32.2. The topological polar surface area (TPSA) is 84.9 Å². The molecule has 0 radical (unpaired) electrons. The number of carbonyl (C=O) groups is 1. The molecule has 1 amide bonds. The average molecular weight is 390 g/mol. The lowest BCUT2D eigenvalue weighted by Gasteiger charge is -2.31. The highest BCUT2D eigenvalue weighted by molar-refractivity contribution is 7.92. The van der Waals surface area contributed by atoms with E-state index in [1.54, 1.807) is 36.3 Å². The summed E-state index contributed by atoms with van der Waals surface area (Å²) in [5.41, 5.74) is 0.880. The zero-order valence-corrected chi connectivity index (χ0v) is 16.0. The smallest absolute Gasteiger partial charge is 0.261 e. The molecule has 3 rings (SSSR count). The molecule has 0 saturated carbocycles. The van der Waals surface area contributed by atoms with Crippen LogP contribution in [-0.2, 0) is 14.8 Å². The van der Waals surface area contributed by atoms with Crippen molar-refractivity contribution in [1.82, 2.24) is 4.90 Å². The first-order valence-electron chi connectivity index (χ1n) is 8.57. The van der Waals surface area contributed by atoms with E-state index in [1.807, 2.05) is 6.92 Å². The second-order valence-electron chi connectivity index (χ2n) is 6.29. The van der Waals surface area contributed by atoms with Crippen molar-refractivity contribution in [2.75, 3.05) is 31.5 Å². The van der Waals surface area contributed by atoms with E-state index in [-0.39, 0.29) is 16.9 Å². The molecule has 1 aliphatic heterocycles. The van der Waals surface area contributed by atoms with Crippen LogP contribution in [0.2, 0.25) is 0 Å². The van der Waals surface area contributed by atoms with Crippen LogP contribution in [0.4, 0.5) is 5.69 Å². The summed E-state index contributed by atoms with van der Waals surface area (Å²) in [7, 11) is -2.20. The molecule has 0 aliphatic carbocycles. The third kappa shape index (κ3) is 4.58. The quantitative estimate of drug-likeness (QED) is 0.847. The fourth-order valence-corrected chi connectivity index (χ4v) is 3.89. The number of amides is 1. The van der Waals surface area contributed by atoms with Crippen LogP contribution < -0.4 is 9.46 Å². The number of morpholine rings is 1. The molecule has 2 aromatic rings. The average Bonchev–Trinajstić information content (AvgIpc) is 2.68. The van der Waals surface area contributed by atoms with Crippen molar-refractivity contribution in [3.05, 3.63) is 54.1 Å². The van der Waals surface area contributed by atoms with E-state index in [1.165, 1.54) is 24.3 Å². The van der Waals surface area contributed by atoms with Crippen LogP contribution in [0, 0.1) is 0 Å². The van der Waals surface area contributed by atoms with E-state index in [9.17, 15) is 13.2 Å². The van der Waals surface area contributed by atoms with Crippen LogP contribution in [0.25, 0.3) is 0 Å². The van der Waals surface area contributed by atoms with Gasteiger partial charge in [0.25, 0.3) is 15.9 Å². The molecule has 0 bridgehead atoms. The van der Waals surface area contributed by atoms with Crippen LogP contribution in [0.15, 0.2) is 53.4 Å². The van der Waals surface area contributed by atoms with Crippen LogP contribution in [-0.4, -0.2) is 52.1 Å². The molecule has 0 spiro atoms. The Kier molecular flexibility index (Phi) is 5.67. The fraction of sp³-hybridized carbons (Fsp3) is 0.316. The number of carbonyl (C=O) groups excluding carboxylic acids is 1. The van der Waals surface area contributed by atoms with Crippen molar-refractivity contribution >= 4 is 21.6 Å². The second-order valence-corrected chi connectivity index (χ2v) is 7.97. The Balaban J connectivity index is 1.72. The zero-order valence-electron chi connectivity index (χ0n) is 15.2. The summed E-state index contributed by atoms with van der Waals surface area (Å²) < 4.78 is 38.1. The van der Waals surface area contributed by atoms with Gasteiger partial charge in [-0.15, -0.1) is 0 Å². The van der Waals surface area contributed by atoms with Crippen LogP contribution >= 0.6 is 0 Å². The van der Waals surface area contributed by atoms with Crippen molar-refractivity contribution < 1.29 is 22.7 Å². The number of nitrogens with zero attached hydrogens (tertiary/aromatic N) is 1. The summed E-state index contributed by atoms with van der Waals surface area (Å²) in [5.74, 6) is 0.510. The van der Waals surface area contributed by atoms with Gasteiger partial charge in [0.15, 0.2) is 0 Å². The Hall–Kier alpha value is -2.58. The number of methoxy groups -OCH3 is 1. The van der Waals surface area contributed by atoms with Gasteiger partial charge in [0.1, 0.15) is 5.75 Å². The molecule has 0 unspecified atom stereocenters. The number of anilines is 1. The maximum absolute atomic E-state index is 12.6. The fourth-order valence-electron chi connectivity index (χ4n) is 2.84. The molecule has 7 nitrogen and oxygen atoms in total. The number of hydrogen-bond acceptors (Lipinski definition) is 5. The Morgan fingerprint density at radius 3 is 2.41 bits per heavy atom.